The van der Waals surface area contributed by atoms with Crippen molar-refractivity contribution in [3.8, 4) is 0 Å². The van der Waals surface area contributed by atoms with Gasteiger partial charge in [-0.15, -0.1) is 0 Å². The van der Waals surface area contributed by atoms with Crippen LogP contribution in [0.2, 0.25) is 0 Å². The van der Waals surface area contributed by atoms with Gasteiger partial charge in [0.15, 0.2) is 0 Å². The molecule has 0 amide bonds. The quantitative estimate of drug-likeness (QED) is 0.668. The summed E-state index contributed by atoms with van der Waals surface area (Å²) in [5.74, 6) is 0. The van der Waals surface area contributed by atoms with E-state index in [9.17, 15) is 0 Å². The highest BCUT2D eigenvalue weighted by atomic mass is 127. The van der Waals surface area contributed by atoms with Crippen molar-refractivity contribution in [3.63, 3.8) is 0 Å². The van der Waals surface area contributed by atoms with Crippen LogP contribution in [-0.4, -0.2) is 9.78 Å². The van der Waals surface area contributed by atoms with Crippen LogP contribution in [-0.2, 0) is 24.8 Å². The summed E-state index contributed by atoms with van der Waals surface area (Å²) >= 11 is 2.44. The third kappa shape index (κ3) is 3.68. The minimum absolute atomic E-state index is 0.212. The fourth-order valence-corrected chi connectivity index (χ4v) is 3.66. The summed E-state index contributed by atoms with van der Waals surface area (Å²) in [5.41, 5.74) is 5.49. The summed E-state index contributed by atoms with van der Waals surface area (Å²) in [6.45, 7) is 12.0. The van der Waals surface area contributed by atoms with Crippen LogP contribution in [0.4, 0.5) is 0 Å². The molecule has 2 rings (SSSR count). The van der Waals surface area contributed by atoms with Crippen LogP contribution >= 0.6 is 22.6 Å². The minimum Gasteiger partial charge on any atom is -0.264 e. The van der Waals surface area contributed by atoms with Crippen molar-refractivity contribution in [1.29, 1.82) is 0 Å². The monoisotopic (exact) mass is 396 g/mol. The third-order valence-electron chi connectivity index (χ3n) is 3.88. The van der Waals surface area contributed by atoms with E-state index in [4.69, 9.17) is 5.10 Å². The maximum atomic E-state index is 4.77. The second-order valence-corrected chi connectivity index (χ2v) is 7.60. The predicted molar refractivity (Wildman–Crippen MR) is 97.9 cm³/mol. The first kappa shape index (κ1) is 16.5. The molecule has 3 heteroatoms. The predicted octanol–water partition coefficient (Wildman–Crippen LogP) is 4.96. The van der Waals surface area contributed by atoms with Crippen molar-refractivity contribution in [3.05, 3.63) is 50.4 Å². The van der Waals surface area contributed by atoms with Crippen LogP contribution in [0, 0.1) is 3.57 Å². The molecule has 2 aromatic rings. The van der Waals surface area contributed by atoms with Gasteiger partial charge in [0.25, 0.3) is 0 Å². The molecule has 0 atom stereocenters. The Labute approximate surface area is 142 Å². The second kappa shape index (κ2) is 6.51. The molecule has 0 saturated carbocycles. The zero-order chi connectivity index (χ0) is 15.6. The van der Waals surface area contributed by atoms with E-state index < -0.39 is 0 Å². The van der Waals surface area contributed by atoms with E-state index in [2.05, 4.69) is 86.2 Å². The maximum Gasteiger partial charge on any atom is 0.0758 e. The van der Waals surface area contributed by atoms with Crippen LogP contribution in [0.25, 0.3) is 0 Å². The van der Waals surface area contributed by atoms with E-state index in [0.717, 1.165) is 19.4 Å². The number of benzene rings is 1. The standard InChI is InChI=1S/C18H25IN2/c1-6-15-17(19)16(7-2)21(20-15)12-13-8-10-14(11-9-13)18(3,4)5/h8-11H,6-7,12H2,1-5H3. The molecule has 0 unspecified atom stereocenters. The molecule has 0 spiro atoms. The molecule has 0 aliphatic carbocycles. The third-order valence-corrected chi connectivity index (χ3v) is 5.13. The van der Waals surface area contributed by atoms with E-state index in [1.54, 1.807) is 0 Å². The summed E-state index contributed by atoms with van der Waals surface area (Å²) < 4.78 is 3.51. The zero-order valence-corrected chi connectivity index (χ0v) is 15.9. The molecule has 0 fully saturated rings. The van der Waals surface area contributed by atoms with Crippen molar-refractivity contribution >= 4 is 22.6 Å². The molecule has 0 bridgehead atoms. The normalized spacial score (nSPS) is 11.9. The van der Waals surface area contributed by atoms with Crippen LogP contribution in [0.3, 0.4) is 0 Å². The van der Waals surface area contributed by atoms with Crippen molar-refractivity contribution in [2.75, 3.05) is 0 Å². The first-order valence-electron chi connectivity index (χ1n) is 7.70. The lowest BCUT2D eigenvalue weighted by Crippen LogP contribution is -2.11. The van der Waals surface area contributed by atoms with Gasteiger partial charge in [0.1, 0.15) is 0 Å². The Bertz CT molecular complexity index is 603. The first-order chi connectivity index (χ1) is 9.86. The average molecular weight is 396 g/mol. The van der Waals surface area contributed by atoms with Gasteiger partial charge in [-0.2, -0.15) is 5.10 Å². The molecule has 2 nitrogen and oxygen atoms in total. The minimum atomic E-state index is 0.212. The van der Waals surface area contributed by atoms with Gasteiger partial charge in [0, 0.05) is 0 Å². The Morgan fingerprint density at radius 1 is 1.05 bits per heavy atom. The summed E-state index contributed by atoms with van der Waals surface area (Å²) in [4.78, 5) is 0. The number of halogens is 1. The molecular formula is C18H25IN2. The van der Waals surface area contributed by atoms with Crippen LogP contribution < -0.4 is 0 Å². The topological polar surface area (TPSA) is 17.8 Å². The lowest BCUT2D eigenvalue weighted by Gasteiger charge is -2.19. The average Bonchev–Trinajstić information content (AvgIpc) is 2.73. The Kier molecular flexibility index (Phi) is 5.12. The summed E-state index contributed by atoms with van der Waals surface area (Å²) in [5, 5.41) is 4.77. The van der Waals surface area contributed by atoms with E-state index in [1.165, 1.54) is 26.1 Å². The van der Waals surface area contributed by atoms with Gasteiger partial charge in [-0.3, -0.25) is 4.68 Å². The number of hydrogen-bond acceptors (Lipinski definition) is 1. The SMILES string of the molecule is CCc1nn(Cc2ccc(C(C)(C)C)cc2)c(CC)c1I. The lowest BCUT2D eigenvalue weighted by molar-refractivity contribution is 0.589. The Morgan fingerprint density at radius 2 is 1.67 bits per heavy atom. The highest BCUT2D eigenvalue weighted by Crippen LogP contribution is 2.23. The molecule has 0 radical (unpaired) electrons. The number of nitrogens with zero attached hydrogens (tertiary/aromatic N) is 2. The molecule has 0 aliphatic rings. The Morgan fingerprint density at radius 3 is 2.14 bits per heavy atom. The molecule has 1 aromatic heterocycles. The van der Waals surface area contributed by atoms with Gasteiger partial charge in [0.2, 0.25) is 0 Å². The summed E-state index contributed by atoms with van der Waals surface area (Å²) in [7, 11) is 0. The summed E-state index contributed by atoms with van der Waals surface area (Å²) in [6.07, 6.45) is 2.03. The van der Waals surface area contributed by atoms with Crippen molar-refractivity contribution in [2.45, 2.75) is 59.4 Å². The molecule has 0 saturated heterocycles. The van der Waals surface area contributed by atoms with Gasteiger partial charge in [-0.25, -0.2) is 0 Å². The van der Waals surface area contributed by atoms with Crippen LogP contribution in [0.5, 0.6) is 0 Å². The molecule has 1 aromatic carbocycles. The zero-order valence-electron chi connectivity index (χ0n) is 13.7. The first-order valence-corrected chi connectivity index (χ1v) is 8.78. The number of hydrogen-bond donors (Lipinski definition) is 0. The molecule has 0 aliphatic heterocycles. The van der Waals surface area contributed by atoms with Crippen LogP contribution in [0.15, 0.2) is 24.3 Å². The highest BCUT2D eigenvalue weighted by Gasteiger charge is 2.15. The van der Waals surface area contributed by atoms with E-state index in [-0.39, 0.29) is 5.41 Å². The fourth-order valence-electron chi connectivity index (χ4n) is 2.51. The molecule has 1 heterocycles. The van der Waals surface area contributed by atoms with Crippen LogP contribution in [0.1, 0.15) is 57.1 Å². The van der Waals surface area contributed by atoms with Crippen molar-refractivity contribution in [1.82, 2.24) is 9.78 Å². The van der Waals surface area contributed by atoms with Crippen molar-refractivity contribution in [2.24, 2.45) is 0 Å². The van der Waals surface area contributed by atoms with Gasteiger partial charge in [-0.05, 0) is 52.0 Å². The van der Waals surface area contributed by atoms with Gasteiger partial charge < -0.3 is 0 Å². The maximum absolute atomic E-state index is 4.77. The molecule has 21 heavy (non-hydrogen) atoms. The molecule has 114 valence electrons. The number of aromatic nitrogens is 2. The van der Waals surface area contributed by atoms with E-state index in [0.29, 0.717) is 0 Å². The highest BCUT2D eigenvalue weighted by molar-refractivity contribution is 14.1. The second-order valence-electron chi connectivity index (χ2n) is 6.52. The number of aryl methyl sites for hydroxylation is 1. The summed E-state index contributed by atoms with van der Waals surface area (Å²) in [6, 6.07) is 8.96. The molecule has 0 N–H and O–H groups in total. The van der Waals surface area contributed by atoms with Gasteiger partial charge >= 0.3 is 0 Å². The fraction of sp³-hybridized carbons (Fsp3) is 0.500. The van der Waals surface area contributed by atoms with Gasteiger partial charge in [0.05, 0.1) is 21.5 Å². The Balaban J connectivity index is 2.26. The molecular weight excluding hydrogens is 371 g/mol. The lowest BCUT2D eigenvalue weighted by atomic mass is 9.87. The smallest absolute Gasteiger partial charge is 0.0758 e. The van der Waals surface area contributed by atoms with E-state index >= 15 is 0 Å². The van der Waals surface area contributed by atoms with Crippen molar-refractivity contribution < 1.29 is 0 Å². The number of rotatable bonds is 4. The Hall–Kier alpha value is -0.840. The largest absolute Gasteiger partial charge is 0.264 e. The van der Waals surface area contributed by atoms with E-state index in [1.807, 2.05) is 0 Å². The van der Waals surface area contributed by atoms with Gasteiger partial charge in [-0.1, -0.05) is 58.9 Å².